The lowest BCUT2D eigenvalue weighted by Gasteiger charge is -2.08. The predicted octanol–water partition coefficient (Wildman–Crippen LogP) is 3.87. The number of hydrogen-bond donors (Lipinski definition) is 0. The van der Waals surface area contributed by atoms with Gasteiger partial charge in [0.25, 0.3) is 0 Å². The van der Waals surface area contributed by atoms with E-state index in [-0.39, 0.29) is 25.4 Å². The molecule has 0 aliphatic heterocycles. The first-order valence-corrected chi connectivity index (χ1v) is 7.30. The highest BCUT2D eigenvalue weighted by Gasteiger charge is 2.29. The van der Waals surface area contributed by atoms with Crippen LogP contribution in [0.1, 0.15) is 43.7 Å². The average molecular weight is 332 g/mol. The molecule has 0 N–H and O–H groups in total. The van der Waals surface area contributed by atoms with Crippen molar-refractivity contribution < 1.29 is 32.2 Å². The van der Waals surface area contributed by atoms with E-state index in [9.17, 15) is 22.8 Å². The largest absolute Gasteiger partial charge is 0.466 e. The number of carbonyl (C=O) groups is 2. The van der Waals surface area contributed by atoms with Crippen molar-refractivity contribution in [3.8, 4) is 0 Å². The lowest BCUT2D eigenvalue weighted by atomic mass is 10.1. The Bertz CT molecular complexity index is 509. The Labute approximate surface area is 132 Å². The fraction of sp³-hybridized carbons (Fsp3) is 0.500. The Morgan fingerprint density at radius 1 is 1.00 bits per heavy atom. The third-order valence-electron chi connectivity index (χ3n) is 2.91. The fourth-order valence-electron chi connectivity index (χ4n) is 1.69. The van der Waals surface area contributed by atoms with E-state index in [1.807, 2.05) is 6.92 Å². The molecule has 1 rings (SSSR count). The predicted molar refractivity (Wildman–Crippen MR) is 76.3 cm³/mol. The van der Waals surface area contributed by atoms with Crippen molar-refractivity contribution in [3.63, 3.8) is 0 Å². The minimum Gasteiger partial charge on any atom is -0.466 e. The van der Waals surface area contributed by atoms with E-state index in [1.54, 1.807) is 0 Å². The number of ether oxygens (including phenoxy) is 2. The number of hydrogen-bond acceptors (Lipinski definition) is 4. The van der Waals surface area contributed by atoms with Gasteiger partial charge in [-0.25, -0.2) is 0 Å². The highest BCUT2D eigenvalue weighted by atomic mass is 19.4. The summed E-state index contributed by atoms with van der Waals surface area (Å²) in [4.78, 5) is 22.7. The quantitative estimate of drug-likeness (QED) is 0.678. The summed E-state index contributed by atoms with van der Waals surface area (Å²) >= 11 is 0. The maximum absolute atomic E-state index is 12.4. The zero-order chi connectivity index (χ0) is 17.3. The molecule has 4 nitrogen and oxygen atoms in total. The van der Waals surface area contributed by atoms with Crippen LogP contribution in [-0.2, 0) is 31.8 Å². The van der Waals surface area contributed by atoms with Crippen LogP contribution in [0.5, 0.6) is 0 Å². The zero-order valence-corrected chi connectivity index (χ0v) is 12.8. The van der Waals surface area contributed by atoms with Gasteiger partial charge in [0.05, 0.1) is 12.2 Å². The van der Waals surface area contributed by atoms with Gasteiger partial charge in [0.2, 0.25) is 0 Å². The van der Waals surface area contributed by atoms with Crippen molar-refractivity contribution in [2.45, 2.75) is 45.4 Å². The van der Waals surface area contributed by atoms with Gasteiger partial charge in [-0.15, -0.1) is 0 Å². The first kappa shape index (κ1) is 19.0. The number of rotatable bonds is 8. The van der Waals surface area contributed by atoms with Crippen molar-refractivity contribution in [2.24, 2.45) is 0 Å². The van der Waals surface area contributed by atoms with Gasteiger partial charge < -0.3 is 9.47 Å². The molecule has 0 aliphatic carbocycles. The summed E-state index contributed by atoms with van der Waals surface area (Å²) in [6.45, 7) is 2.14. The minimum absolute atomic E-state index is 0.0574. The summed E-state index contributed by atoms with van der Waals surface area (Å²) in [5.41, 5.74) is -0.285. The summed E-state index contributed by atoms with van der Waals surface area (Å²) in [6.07, 6.45) is -3.14. The molecule has 7 heteroatoms. The molecule has 0 fully saturated rings. The molecule has 128 valence electrons. The molecular formula is C16H19F3O4. The van der Waals surface area contributed by atoms with Crippen LogP contribution in [0.25, 0.3) is 0 Å². The summed E-state index contributed by atoms with van der Waals surface area (Å²) < 4.78 is 47.0. The summed E-state index contributed by atoms with van der Waals surface area (Å²) in [7, 11) is 0. The second kappa shape index (κ2) is 9.17. The van der Waals surface area contributed by atoms with Crippen molar-refractivity contribution in [1.82, 2.24) is 0 Å². The molecule has 1 aromatic rings. The first-order chi connectivity index (χ1) is 10.8. The standard InChI is InChI=1S/C16H19F3O4/c1-2-10-22-14(20)4-3-5-15(21)23-11-12-6-8-13(9-7-12)16(17,18)19/h6-9H,2-5,10-11H2,1H3. The van der Waals surface area contributed by atoms with E-state index >= 15 is 0 Å². The van der Waals surface area contributed by atoms with E-state index in [1.165, 1.54) is 12.1 Å². The van der Waals surface area contributed by atoms with E-state index in [0.717, 1.165) is 18.6 Å². The van der Waals surface area contributed by atoms with E-state index < -0.39 is 17.7 Å². The number of halogens is 3. The monoisotopic (exact) mass is 332 g/mol. The van der Waals surface area contributed by atoms with Crippen LogP contribution in [-0.4, -0.2) is 18.5 Å². The van der Waals surface area contributed by atoms with Crippen LogP contribution in [0.2, 0.25) is 0 Å². The molecule has 1 aromatic carbocycles. The van der Waals surface area contributed by atoms with Crippen LogP contribution in [0.3, 0.4) is 0 Å². The number of alkyl halides is 3. The molecule has 0 unspecified atom stereocenters. The highest BCUT2D eigenvalue weighted by Crippen LogP contribution is 2.29. The molecule has 0 saturated carbocycles. The van der Waals surface area contributed by atoms with Crippen LogP contribution in [0.15, 0.2) is 24.3 Å². The lowest BCUT2D eigenvalue weighted by molar-refractivity contribution is -0.146. The second-order valence-electron chi connectivity index (χ2n) is 4.93. The molecule has 0 spiro atoms. The van der Waals surface area contributed by atoms with Crippen molar-refractivity contribution in [1.29, 1.82) is 0 Å². The molecule has 0 bridgehead atoms. The Morgan fingerprint density at radius 3 is 2.09 bits per heavy atom. The Morgan fingerprint density at radius 2 is 1.57 bits per heavy atom. The van der Waals surface area contributed by atoms with E-state index in [2.05, 4.69) is 0 Å². The van der Waals surface area contributed by atoms with Gasteiger partial charge in [-0.2, -0.15) is 13.2 Å². The molecule has 0 aliphatic rings. The zero-order valence-electron chi connectivity index (χ0n) is 12.8. The van der Waals surface area contributed by atoms with Crippen molar-refractivity contribution in [2.75, 3.05) is 6.61 Å². The summed E-state index contributed by atoms with van der Waals surface area (Å²) in [5, 5.41) is 0. The smallest absolute Gasteiger partial charge is 0.416 e. The Balaban J connectivity index is 2.27. The summed E-state index contributed by atoms with van der Waals surface area (Å²) in [5.74, 6) is -0.865. The molecule has 0 radical (unpaired) electrons. The normalized spacial score (nSPS) is 11.1. The average Bonchev–Trinajstić information content (AvgIpc) is 2.50. The van der Waals surface area contributed by atoms with Crippen LogP contribution in [0, 0.1) is 0 Å². The number of benzene rings is 1. The maximum Gasteiger partial charge on any atom is 0.416 e. The fourth-order valence-corrected chi connectivity index (χ4v) is 1.69. The van der Waals surface area contributed by atoms with Gasteiger partial charge in [-0.3, -0.25) is 9.59 Å². The second-order valence-corrected chi connectivity index (χ2v) is 4.93. The topological polar surface area (TPSA) is 52.6 Å². The third kappa shape index (κ3) is 7.67. The number of carbonyl (C=O) groups excluding carboxylic acids is 2. The SMILES string of the molecule is CCCOC(=O)CCCC(=O)OCc1ccc(C(F)(F)F)cc1. The van der Waals surface area contributed by atoms with Crippen molar-refractivity contribution >= 4 is 11.9 Å². The van der Waals surface area contributed by atoms with Gasteiger partial charge in [-0.1, -0.05) is 19.1 Å². The summed E-state index contributed by atoms with van der Waals surface area (Å²) in [6, 6.07) is 4.40. The molecule has 0 atom stereocenters. The molecule has 0 heterocycles. The van der Waals surface area contributed by atoms with Gasteiger partial charge in [-0.05, 0) is 30.5 Å². The van der Waals surface area contributed by atoms with Gasteiger partial charge in [0, 0.05) is 12.8 Å². The van der Waals surface area contributed by atoms with E-state index in [0.29, 0.717) is 18.6 Å². The third-order valence-corrected chi connectivity index (χ3v) is 2.91. The van der Waals surface area contributed by atoms with E-state index in [4.69, 9.17) is 9.47 Å². The van der Waals surface area contributed by atoms with Crippen LogP contribution < -0.4 is 0 Å². The Hall–Kier alpha value is -2.05. The van der Waals surface area contributed by atoms with Gasteiger partial charge >= 0.3 is 18.1 Å². The molecular weight excluding hydrogens is 313 g/mol. The lowest BCUT2D eigenvalue weighted by Crippen LogP contribution is -2.09. The van der Waals surface area contributed by atoms with Crippen molar-refractivity contribution in [3.05, 3.63) is 35.4 Å². The molecule has 0 aromatic heterocycles. The molecule has 23 heavy (non-hydrogen) atoms. The minimum atomic E-state index is -4.39. The van der Waals surface area contributed by atoms with Crippen LogP contribution >= 0.6 is 0 Å². The van der Waals surface area contributed by atoms with Gasteiger partial charge in [0.1, 0.15) is 6.61 Å². The molecule has 0 amide bonds. The Kier molecular flexibility index (Phi) is 7.57. The first-order valence-electron chi connectivity index (χ1n) is 7.30. The number of esters is 2. The van der Waals surface area contributed by atoms with Gasteiger partial charge in [0.15, 0.2) is 0 Å². The maximum atomic E-state index is 12.4. The van der Waals surface area contributed by atoms with Crippen LogP contribution in [0.4, 0.5) is 13.2 Å². The molecule has 0 saturated heterocycles. The highest BCUT2D eigenvalue weighted by molar-refractivity contribution is 5.72.